The summed E-state index contributed by atoms with van der Waals surface area (Å²) in [6.45, 7) is 0. The molecular formula is C9H5BrF2N2. The predicted octanol–water partition coefficient (Wildman–Crippen LogP) is 3.12. The van der Waals surface area contributed by atoms with Crippen LogP contribution in [0.2, 0.25) is 0 Å². The number of aromatic nitrogens is 2. The highest BCUT2D eigenvalue weighted by Gasteiger charge is 2.12. The molecule has 0 aliphatic carbocycles. The van der Waals surface area contributed by atoms with E-state index in [1.54, 1.807) is 0 Å². The molecule has 0 aliphatic rings. The Hall–Kier alpha value is -1.23. The van der Waals surface area contributed by atoms with Gasteiger partial charge in [0.25, 0.3) is 0 Å². The normalized spacial score (nSPS) is 10.5. The number of aromatic amines is 1. The molecule has 2 aromatic rings. The molecule has 0 bridgehead atoms. The van der Waals surface area contributed by atoms with Crippen molar-refractivity contribution in [2.75, 3.05) is 0 Å². The lowest BCUT2D eigenvalue weighted by atomic mass is 10.1. The Morgan fingerprint density at radius 2 is 1.86 bits per heavy atom. The molecule has 0 unspecified atom stereocenters. The highest BCUT2D eigenvalue weighted by molar-refractivity contribution is 9.10. The van der Waals surface area contributed by atoms with E-state index < -0.39 is 11.6 Å². The molecule has 1 aromatic carbocycles. The Morgan fingerprint density at radius 1 is 1.21 bits per heavy atom. The van der Waals surface area contributed by atoms with Crippen LogP contribution in [0.15, 0.2) is 29.0 Å². The minimum absolute atomic E-state index is 0.0676. The molecule has 0 aliphatic heterocycles. The second kappa shape index (κ2) is 3.49. The Balaban J connectivity index is 2.64. The summed E-state index contributed by atoms with van der Waals surface area (Å²) in [7, 11) is 0. The maximum atomic E-state index is 13.4. The molecular weight excluding hydrogens is 254 g/mol. The van der Waals surface area contributed by atoms with E-state index in [2.05, 4.69) is 26.1 Å². The number of nitrogens with one attached hydrogen (secondary N) is 1. The van der Waals surface area contributed by atoms with E-state index in [-0.39, 0.29) is 5.56 Å². The smallest absolute Gasteiger partial charge is 0.135 e. The van der Waals surface area contributed by atoms with Crippen molar-refractivity contribution < 1.29 is 8.78 Å². The largest absolute Gasteiger partial charge is 0.285 e. The van der Waals surface area contributed by atoms with Gasteiger partial charge in [0.15, 0.2) is 0 Å². The summed E-state index contributed by atoms with van der Waals surface area (Å²) in [4.78, 5) is 0. The summed E-state index contributed by atoms with van der Waals surface area (Å²) in [5, 5.41) is 6.14. The fourth-order valence-electron chi connectivity index (χ4n) is 1.21. The van der Waals surface area contributed by atoms with Crippen LogP contribution in [-0.2, 0) is 0 Å². The molecule has 0 saturated heterocycles. The van der Waals surface area contributed by atoms with Gasteiger partial charge in [-0.25, -0.2) is 8.78 Å². The Labute approximate surface area is 87.1 Å². The quantitative estimate of drug-likeness (QED) is 0.837. The third-order valence-corrected chi connectivity index (χ3v) is 2.25. The second-order valence-electron chi connectivity index (χ2n) is 2.73. The van der Waals surface area contributed by atoms with Gasteiger partial charge in [0, 0.05) is 16.2 Å². The highest BCUT2D eigenvalue weighted by Crippen LogP contribution is 2.27. The van der Waals surface area contributed by atoms with E-state index in [1.807, 2.05) is 0 Å². The van der Waals surface area contributed by atoms with Crippen molar-refractivity contribution in [1.29, 1.82) is 0 Å². The molecule has 0 atom stereocenters. The van der Waals surface area contributed by atoms with Crippen molar-refractivity contribution in [2.24, 2.45) is 0 Å². The molecule has 72 valence electrons. The molecule has 1 N–H and O–H groups in total. The maximum absolute atomic E-state index is 13.4. The first-order chi connectivity index (χ1) is 6.68. The van der Waals surface area contributed by atoms with Crippen LogP contribution in [0.25, 0.3) is 11.1 Å². The van der Waals surface area contributed by atoms with Gasteiger partial charge in [-0.15, -0.1) is 0 Å². The average Bonchev–Trinajstić information content (AvgIpc) is 2.54. The lowest BCUT2D eigenvalue weighted by Crippen LogP contribution is -1.88. The van der Waals surface area contributed by atoms with Gasteiger partial charge in [0.1, 0.15) is 11.6 Å². The maximum Gasteiger partial charge on any atom is 0.135 e. The number of hydrogen-bond acceptors (Lipinski definition) is 1. The van der Waals surface area contributed by atoms with E-state index >= 15 is 0 Å². The molecule has 0 amide bonds. The molecule has 0 fully saturated rings. The van der Waals surface area contributed by atoms with Crippen molar-refractivity contribution in [3.8, 4) is 11.1 Å². The lowest BCUT2D eigenvalue weighted by molar-refractivity contribution is 0.588. The number of nitrogens with zero attached hydrogens (tertiary/aromatic N) is 1. The molecule has 1 heterocycles. The standard InChI is InChI=1S/C9H5BrF2N2/c10-6-1-7(11)9(8(12)2-6)5-3-13-14-4-5/h1-4H,(H,13,14). The topological polar surface area (TPSA) is 28.7 Å². The minimum atomic E-state index is -0.613. The van der Waals surface area contributed by atoms with Gasteiger partial charge in [-0.05, 0) is 12.1 Å². The zero-order valence-electron chi connectivity index (χ0n) is 6.89. The van der Waals surface area contributed by atoms with Crippen LogP contribution in [0.1, 0.15) is 0 Å². The SMILES string of the molecule is Fc1cc(Br)cc(F)c1-c1cn[nH]c1. The molecule has 0 radical (unpaired) electrons. The molecule has 1 aromatic heterocycles. The van der Waals surface area contributed by atoms with Gasteiger partial charge in [0.2, 0.25) is 0 Å². The fourth-order valence-corrected chi connectivity index (χ4v) is 1.61. The van der Waals surface area contributed by atoms with Gasteiger partial charge in [-0.2, -0.15) is 5.10 Å². The molecule has 2 nitrogen and oxygen atoms in total. The van der Waals surface area contributed by atoms with E-state index in [9.17, 15) is 8.78 Å². The first-order valence-electron chi connectivity index (χ1n) is 3.82. The Morgan fingerprint density at radius 3 is 2.36 bits per heavy atom. The van der Waals surface area contributed by atoms with Gasteiger partial charge in [-0.3, -0.25) is 5.10 Å². The average molecular weight is 259 g/mol. The van der Waals surface area contributed by atoms with E-state index in [1.165, 1.54) is 24.5 Å². The summed E-state index contributed by atoms with van der Waals surface area (Å²) < 4.78 is 27.1. The van der Waals surface area contributed by atoms with Gasteiger partial charge < -0.3 is 0 Å². The number of H-pyrrole nitrogens is 1. The summed E-state index contributed by atoms with van der Waals surface area (Å²) in [6, 6.07) is 2.43. The number of benzene rings is 1. The molecule has 0 spiro atoms. The van der Waals surface area contributed by atoms with Crippen LogP contribution in [0.3, 0.4) is 0 Å². The minimum Gasteiger partial charge on any atom is -0.285 e. The Bertz CT molecular complexity index is 431. The van der Waals surface area contributed by atoms with Crippen LogP contribution in [0.5, 0.6) is 0 Å². The number of halogens is 3. The summed E-state index contributed by atoms with van der Waals surface area (Å²) in [6.07, 6.45) is 2.81. The van der Waals surface area contributed by atoms with Gasteiger partial charge in [-0.1, -0.05) is 15.9 Å². The molecule has 2 rings (SSSR count). The van der Waals surface area contributed by atoms with Crippen LogP contribution in [-0.4, -0.2) is 10.2 Å². The zero-order chi connectivity index (χ0) is 10.1. The van der Waals surface area contributed by atoms with Crippen molar-refractivity contribution in [3.63, 3.8) is 0 Å². The second-order valence-corrected chi connectivity index (χ2v) is 3.65. The molecule has 0 saturated carbocycles. The number of rotatable bonds is 1. The van der Waals surface area contributed by atoms with Crippen molar-refractivity contribution >= 4 is 15.9 Å². The van der Waals surface area contributed by atoms with E-state index in [0.717, 1.165) is 0 Å². The summed E-state index contributed by atoms with van der Waals surface area (Å²) in [5.74, 6) is -1.23. The lowest BCUT2D eigenvalue weighted by Gasteiger charge is -2.02. The van der Waals surface area contributed by atoms with Crippen LogP contribution in [0.4, 0.5) is 8.78 Å². The highest BCUT2D eigenvalue weighted by atomic mass is 79.9. The fraction of sp³-hybridized carbons (Fsp3) is 0. The van der Waals surface area contributed by atoms with Crippen molar-refractivity contribution in [3.05, 3.63) is 40.6 Å². The molecule has 5 heteroatoms. The third kappa shape index (κ3) is 1.55. The monoisotopic (exact) mass is 258 g/mol. The predicted molar refractivity (Wildman–Crippen MR) is 51.6 cm³/mol. The third-order valence-electron chi connectivity index (χ3n) is 1.79. The van der Waals surface area contributed by atoms with E-state index in [0.29, 0.717) is 10.0 Å². The van der Waals surface area contributed by atoms with Crippen molar-refractivity contribution in [2.45, 2.75) is 0 Å². The van der Waals surface area contributed by atoms with Gasteiger partial charge in [0.05, 0.1) is 11.8 Å². The zero-order valence-corrected chi connectivity index (χ0v) is 8.48. The molecule has 14 heavy (non-hydrogen) atoms. The van der Waals surface area contributed by atoms with Crippen LogP contribution in [0, 0.1) is 11.6 Å². The van der Waals surface area contributed by atoms with Gasteiger partial charge >= 0.3 is 0 Å². The van der Waals surface area contributed by atoms with Crippen molar-refractivity contribution in [1.82, 2.24) is 10.2 Å². The van der Waals surface area contributed by atoms with Crippen LogP contribution < -0.4 is 0 Å². The van der Waals surface area contributed by atoms with Crippen LogP contribution >= 0.6 is 15.9 Å². The van der Waals surface area contributed by atoms with E-state index in [4.69, 9.17) is 0 Å². The Kier molecular flexibility index (Phi) is 2.33. The first kappa shape index (κ1) is 9.33. The summed E-state index contributed by atoms with van der Waals surface area (Å²) in [5.41, 5.74) is 0.328. The number of hydrogen-bond donors (Lipinski definition) is 1. The summed E-state index contributed by atoms with van der Waals surface area (Å²) >= 11 is 3.01. The first-order valence-corrected chi connectivity index (χ1v) is 4.61.